The standard InChI is InChI=1S/C14H17FN2O2/c1-3-7-17-9-12(8-16-17)19-10-11-5-4-6-13(18-2)14(11)15/h4-6,8-9H,3,7,10H2,1-2H3. The molecule has 19 heavy (non-hydrogen) atoms. The molecule has 102 valence electrons. The van der Waals surface area contributed by atoms with E-state index >= 15 is 0 Å². The van der Waals surface area contributed by atoms with Crippen LogP contribution < -0.4 is 9.47 Å². The van der Waals surface area contributed by atoms with E-state index in [2.05, 4.69) is 12.0 Å². The number of hydrogen-bond acceptors (Lipinski definition) is 3. The van der Waals surface area contributed by atoms with Crippen LogP contribution in [0.25, 0.3) is 0 Å². The van der Waals surface area contributed by atoms with Crippen LogP contribution in [-0.2, 0) is 13.2 Å². The van der Waals surface area contributed by atoms with Crippen LogP contribution in [0.5, 0.6) is 11.5 Å². The second-order valence-corrected chi connectivity index (χ2v) is 4.16. The van der Waals surface area contributed by atoms with Gasteiger partial charge in [0.1, 0.15) is 6.61 Å². The summed E-state index contributed by atoms with van der Waals surface area (Å²) in [5.74, 6) is 0.476. The SMILES string of the molecule is CCCn1cc(OCc2cccc(OC)c2F)cn1. The minimum absolute atomic E-state index is 0.154. The van der Waals surface area contributed by atoms with Crippen molar-refractivity contribution >= 4 is 0 Å². The van der Waals surface area contributed by atoms with Crippen LogP contribution in [0.4, 0.5) is 4.39 Å². The van der Waals surface area contributed by atoms with Gasteiger partial charge in [-0.05, 0) is 12.5 Å². The summed E-state index contributed by atoms with van der Waals surface area (Å²) < 4.78 is 26.1. The third-order valence-electron chi connectivity index (χ3n) is 2.72. The molecule has 1 heterocycles. The molecule has 2 aromatic rings. The van der Waals surface area contributed by atoms with Crippen molar-refractivity contribution in [3.63, 3.8) is 0 Å². The number of aromatic nitrogens is 2. The molecular weight excluding hydrogens is 247 g/mol. The molecule has 0 spiro atoms. The first-order chi connectivity index (χ1) is 9.24. The van der Waals surface area contributed by atoms with E-state index in [4.69, 9.17) is 9.47 Å². The molecule has 0 saturated heterocycles. The van der Waals surface area contributed by atoms with Crippen molar-refractivity contribution in [3.05, 3.63) is 42.0 Å². The van der Waals surface area contributed by atoms with Crippen molar-refractivity contribution in [1.82, 2.24) is 9.78 Å². The van der Waals surface area contributed by atoms with E-state index in [0.29, 0.717) is 11.3 Å². The Bertz CT molecular complexity index is 540. The first-order valence-corrected chi connectivity index (χ1v) is 6.21. The zero-order chi connectivity index (χ0) is 13.7. The molecule has 1 aromatic carbocycles. The second kappa shape index (κ2) is 6.22. The fourth-order valence-electron chi connectivity index (χ4n) is 1.76. The Labute approximate surface area is 111 Å². The number of aryl methyl sites for hydroxylation is 1. The van der Waals surface area contributed by atoms with Gasteiger partial charge in [0.15, 0.2) is 17.3 Å². The molecule has 2 rings (SSSR count). The number of hydrogen-bond donors (Lipinski definition) is 0. The molecule has 1 aromatic heterocycles. The predicted octanol–water partition coefficient (Wildman–Crippen LogP) is 3.02. The minimum Gasteiger partial charge on any atom is -0.494 e. The summed E-state index contributed by atoms with van der Waals surface area (Å²) in [7, 11) is 1.44. The molecule has 0 aliphatic carbocycles. The smallest absolute Gasteiger partial charge is 0.171 e. The van der Waals surface area contributed by atoms with E-state index in [1.165, 1.54) is 7.11 Å². The minimum atomic E-state index is -0.383. The van der Waals surface area contributed by atoms with Crippen LogP contribution in [-0.4, -0.2) is 16.9 Å². The van der Waals surface area contributed by atoms with E-state index in [0.717, 1.165) is 13.0 Å². The van der Waals surface area contributed by atoms with Gasteiger partial charge in [-0.25, -0.2) is 4.39 Å². The Morgan fingerprint density at radius 1 is 1.37 bits per heavy atom. The number of rotatable bonds is 6. The van der Waals surface area contributed by atoms with Gasteiger partial charge in [-0.15, -0.1) is 0 Å². The summed E-state index contributed by atoms with van der Waals surface area (Å²) in [6.45, 7) is 3.07. The van der Waals surface area contributed by atoms with Crippen molar-refractivity contribution in [3.8, 4) is 11.5 Å². The monoisotopic (exact) mass is 264 g/mol. The van der Waals surface area contributed by atoms with Gasteiger partial charge < -0.3 is 9.47 Å². The van der Waals surface area contributed by atoms with Crippen molar-refractivity contribution in [1.29, 1.82) is 0 Å². The van der Waals surface area contributed by atoms with Crippen LogP contribution in [0.3, 0.4) is 0 Å². The maximum atomic E-state index is 13.9. The topological polar surface area (TPSA) is 36.3 Å². The molecular formula is C14H17FN2O2. The molecule has 0 aliphatic rings. The fourth-order valence-corrected chi connectivity index (χ4v) is 1.76. The van der Waals surface area contributed by atoms with E-state index in [1.54, 1.807) is 29.1 Å². The molecule has 0 amide bonds. The predicted molar refractivity (Wildman–Crippen MR) is 69.8 cm³/mol. The summed E-state index contributed by atoms with van der Waals surface area (Å²) in [6, 6.07) is 4.99. The van der Waals surface area contributed by atoms with Gasteiger partial charge in [-0.1, -0.05) is 19.1 Å². The van der Waals surface area contributed by atoms with Crippen LogP contribution in [0.1, 0.15) is 18.9 Å². The fraction of sp³-hybridized carbons (Fsp3) is 0.357. The number of nitrogens with zero attached hydrogens (tertiary/aromatic N) is 2. The highest BCUT2D eigenvalue weighted by Crippen LogP contribution is 2.21. The first-order valence-electron chi connectivity index (χ1n) is 6.21. The molecule has 0 fully saturated rings. The molecule has 0 radical (unpaired) electrons. The van der Waals surface area contributed by atoms with E-state index in [9.17, 15) is 4.39 Å². The quantitative estimate of drug-likeness (QED) is 0.804. The summed E-state index contributed by atoms with van der Waals surface area (Å²) in [5.41, 5.74) is 0.461. The highest BCUT2D eigenvalue weighted by atomic mass is 19.1. The molecule has 4 nitrogen and oxygen atoms in total. The van der Waals surface area contributed by atoms with Crippen LogP contribution in [0.2, 0.25) is 0 Å². The zero-order valence-corrected chi connectivity index (χ0v) is 11.1. The van der Waals surface area contributed by atoms with Crippen LogP contribution in [0.15, 0.2) is 30.6 Å². The summed E-state index contributed by atoms with van der Waals surface area (Å²) in [5, 5.41) is 4.15. The third-order valence-corrected chi connectivity index (χ3v) is 2.72. The van der Waals surface area contributed by atoms with Gasteiger partial charge in [0.05, 0.1) is 19.5 Å². The highest BCUT2D eigenvalue weighted by molar-refractivity contribution is 5.31. The van der Waals surface area contributed by atoms with Gasteiger partial charge in [0.25, 0.3) is 0 Å². The van der Waals surface area contributed by atoms with Crippen molar-refractivity contribution in [2.45, 2.75) is 26.5 Å². The van der Waals surface area contributed by atoms with Crippen molar-refractivity contribution in [2.24, 2.45) is 0 Å². The second-order valence-electron chi connectivity index (χ2n) is 4.16. The van der Waals surface area contributed by atoms with Crippen LogP contribution >= 0.6 is 0 Å². The summed E-state index contributed by atoms with van der Waals surface area (Å²) in [6.07, 6.45) is 4.45. The lowest BCUT2D eigenvalue weighted by Crippen LogP contribution is -2.00. The Hall–Kier alpha value is -2.04. The van der Waals surface area contributed by atoms with Crippen molar-refractivity contribution in [2.75, 3.05) is 7.11 Å². The average Bonchev–Trinajstić information content (AvgIpc) is 2.86. The molecule has 0 N–H and O–H groups in total. The lowest BCUT2D eigenvalue weighted by atomic mass is 10.2. The molecule has 0 aliphatic heterocycles. The summed E-state index contributed by atoms with van der Waals surface area (Å²) >= 11 is 0. The van der Waals surface area contributed by atoms with Gasteiger partial charge >= 0.3 is 0 Å². The lowest BCUT2D eigenvalue weighted by molar-refractivity contribution is 0.295. The third kappa shape index (κ3) is 3.24. The largest absolute Gasteiger partial charge is 0.494 e. The van der Waals surface area contributed by atoms with E-state index in [1.807, 2.05) is 6.20 Å². The molecule has 0 bridgehead atoms. The molecule has 0 unspecified atom stereocenters. The normalized spacial score (nSPS) is 10.5. The number of ether oxygens (including phenoxy) is 2. The number of halogens is 1. The number of benzene rings is 1. The Morgan fingerprint density at radius 2 is 2.21 bits per heavy atom. The highest BCUT2D eigenvalue weighted by Gasteiger charge is 2.09. The van der Waals surface area contributed by atoms with Crippen LogP contribution in [0, 0.1) is 5.82 Å². The van der Waals surface area contributed by atoms with E-state index in [-0.39, 0.29) is 18.2 Å². The average molecular weight is 264 g/mol. The van der Waals surface area contributed by atoms with Gasteiger partial charge in [-0.2, -0.15) is 5.10 Å². The Kier molecular flexibility index (Phi) is 4.39. The van der Waals surface area contributed by atoms with Gasteiger partial charge in [-0.3, -0.25) is 4.68 Å². The number of methoxy groups -OCH3 is 1. The van der Waals surface area contributed by atoms with E-state index < -0.39 is 0 Å². The van der Waals surface area contributed by atoms with Crippen molar-refractivity contribution < 1.29 is 13.9 Å². The maximum absolute atomic E-state index is 13.9. The van der Waals surface area contributed by atoms with Gasteiger partial charge in [0.2, 0.25) is 0 Å². The van der Waals surface area contributed by atoms with Gasteiger partial charge in [0, 0.05) is 12.1 Å². The Morgan fingerprint density at radius 3 is 2.95 bits per heavy atom. The zero-order valence-electron chi connectivity index (χ0n) is 11.1. The molecule has 5 heteroatoms. The lowest BCUT2D eigenvalue weighted by Gasteiger charge is -2.07. The Balaban J connectivity index is 2.01. The molecule has 0 saturated carbocycles. The molecule has 0 atom stereocenters. The first kappa shape index (κ1) is 13.4. The maximum Gasteiger partial charge on any atom is 0.171 e. The summed E-state index contributed by atoms with van der Waals surface area (Å²) in [4.78, 5) is 0.